The molecule has 3 aromatic rings. The number of allylic oxidation sites excluding steroid dienone is 1. The molecule has 0 spiro atoms. The monoisotopic (exact) mass is 637 g/mol. The Morgan fingerprint density at radius 2 is 1.89 bits per heavy atom. The van der Waals surface area contributed by atoms with Gasteiger partial charge < -0.3 is 10.0 Å². The van der Waals surface area contributed by atoms with Crippen LogP contribution in [0.15, 0.2) is 66.4 Å². The van der Waals surface area contributed by atoms with Gasteiger partial charge in [-0.15, -0.1) is 0 Å². The van der Waals surface area contributed by atoms with E-state index in [1.54, 1.807) is 46.7 Å². The molecule has 1 aromatic heterocycles. The molecule has 1 N–H and O–H groups in total. The van der Waals surface area contributed by atoms with E-state index in [1.165, 1.54) is 11.3 Å². The fraction of sp³-hybridized carbons (Fsp3) is 0.240. The number of benzene rings is 2. The Bertz CT molecular complexity index is 1520. The van der Waals surface area contributed by atoms with Crippen LogP contribution in [0.3, 0.4) is 0 Å². The fourth-order valence-electron chi connectivity index (χ4n) is 4.07. The van der Waals surface area contributed by atoms with Crippen LogP contribution in [0.1, 0.15) is 37.9 Å². The van der Waals surface area contributed by atoms with E-state index >= 15 is 0 Å². The predicted octanol–water partition coefficient (Wildman–Crippen LogP) is 4.99. The Balaban J connectivity index is 1.99. The van der Waals surface area contributed by atoms with Crippen LogP contribution in [0.5, 0.6) is 5.75 Å². The number of hydrogen-bond acceptors (Lipinski definition) is 5. The molecule has 6 nitrogen and oxygen atoms in total. The summed E-state index contributed by atoms with van der Waals surface area (Å²) in [4.78, 5) is 34.2. The van der Waals surface area contributed by atoms with Crippen LogP contribution in [0.2, 0.25) is 5.02 Å². The van der Waals surface area contributed by atoms with Gasteiger partial charge in [0.2, 0.25) is 0 Å². The van der Waals surface area contributed by atoms with E-state index in [9.17, 15) is 14.7 Å². The third-order valence-corrected chi connectivity index (χ3v) is 8.13. The van der Waals surface area contributed by atoms with Gasteiger partial charge in [0.15, 0.2) is 4.80 Å². The molecule has 1 atom stereocenters. The summed E-state index contributed by atoms with van der Waals surface area (Å²) in [6, 6.07) is 9.96. The quantitative estimate of drug-likeness (QED) is 0.428. The Hall–Kier alpha value is -2.20. The van der Waals surface area contributed by atoms with Gasteiger partial charge in [-0.25, -0.2) is 4.99 Å². The van der Waals surface area contributed by atoms with Gasteiger partial charge >= 0.3 is 0 Å². The van der Waals surface area contributed by atoms with E-state index in [1.807, 2.05) is 26.0 Å². The first-order valence-electron chi connectivity index (χ1n) is 10.9. The molecule has 0 bridgehead atoms. The SMILES string of the molecule is CCN(CC)C(=O)C1=C(C)N=c2s/c(=C/c3cc(Br)cc(Br)c3O)c(=O)n2[C@H]1c1ccc(Cl)cc1. The van der Waals surface area contributed by atoms with E-state index in [-0.39, 0.29) is 17.2 Å². The number of fused-ring (bicyclic) bond motifs is 1. The molecule has 182 valence electrons. The summed E-state index contributed by atoms with van der Waals surface area (Å²) in [5.41, 5.74) is 1.99. The minimum atomic E-state index is -0.651. The van der Waals surface area contributed by atoms with E-state index < -0.39 is 6.04 Å². The van der Waals surface area contributed by atoms with Crippen LogP contribution in [-0.2, 0) is 4.79 Å². The summed E-state index contributed by atoms with van der Waals surface area (Å²) in [5, 5.41) is 11.1. The first kappa shape index (κ1) is 25.9. The first-order valence-corrected chi connectivity index (χ1v) is 13.7. The van der Waals surface area contributed by atoms with E-state index in [0.29, 0.717) is 48.8 Å². The Morgan fingerprint density at radius 1 is 1.23 bits per heavy atom. The van der Waals surface area contributed by atoms with Crippen molar-refractivity contribution in [3.05, 3.63) is 92.5 Å². The third kappa shape index (κ3) is 4.91. The van der Waals surface area contributed by atoms with Gasteiger partial charge in [-0.1, -0.05) is 51.0 Å². The van der Waals surface area contributed by atoms with Crippen LogP contribution >= 0.6 is 54.8 Å². The summed E-state index contributed by atoms with van der Waals surface area (Å²) in [6.45, 7) is 6.73. The van der Waals surface area contributed by atoms with Crippen molar-refractivity contribution in [2.75, 3.05) is 13.1 Å². The van der Waals surface area contributed by atoms with Crippen molar-refractivity contribution in [2.45, 2.75) is 26.8 Å². The first-order chi connectivity index (χ1) is 16.7. The average Bonchev–Trinajstić information content (AvgIpc) is 3.12. The number of nitrogens with zero attached hydrogens (tertiary/aromatic N) is 3. The zero-order chi connectivity index (χ0) is 25.4. The van der Waals surface area contributed by atoms with Crippen molar-refractivity contribution in [3.63, 3.8) is 0 Å². The Labute approximate surface area is 228 Å². The molecule has 0 fully saturated rings. The number of aromatic nitrogens is 1. The van der Waals surface area contributed by atoms with Crippen LogP contribution in [0, 0.1) is 0 Å². The minimum Gasteiger partial charge on any atom is -0.506 e. The van der Waals surface area contributed by atoms with Crippen molar-refractivity contribution in [1.29, 1.82) is 0 Å². The second-order valence-electron chi connectivity index (χ2n) is 7.94. The van der Waals surface area contributed by atoms with E-state index in [4.69, 9.17) is 11.6 Å². The summed E-state index contributed by atoms with van der Waals surface area (Å²) in [5.74, 6) is -0.124. The molecule has 35 heavy (non-hydrogen) atoms. The molecule has 0 unspecified atom stereocenters. The lowest BCUT2D eigenvalue weighted by Crippen LogP contribution is -2.43. The lowest BCUT2D eigenvalue weighted by Gasteiger charge is -2.29. The largest absolute Gasteiger partial charge is 0.506 e. The topological polar surface area (TPSA) is 74.9 Å². The highest BCUT2D eigenvalue weighted by molar-refractivity contribution is 9.11. The summed E-state index contributed by atoms with van der Waals surface area (Å²) >= 11 is 14.1. The molecule has 2 heterocycles. The number of carbonyl (C=O) groups excluding carboxylic acids is 1. The number of phenols is 1. The zero-order valence-electron chi connectivity index (χ0n) is 19.2. The maximum Gasteiger partial charge on any atom is 0.271 e. The van der Waals surface area contributed by atoms with Crippen LogP contribution in [0.25, 0.3) is 6.08 Å². The zero-order valence-corrected chi connectivity index (χ0v) is 23.9. The number of likely N-dealkylation sites (N-methyl/N-ethyl adjacent to an activating group) is 1. The maximum absolute atomic E-state index is 13.7. The molecule has 4 rings (SSSR count). The van der Waals surface area contributed by atoms with Crippen molar-refractivity contribution >= 4 is 66.8 Å². The number of rotatable bonds is 5. The average molecular weight is 640 g/mol. The molecule has 1 aliphatic rings. The van der Waals surface area contributed by atoms with Gasteiger partial charge in [0.1, 0.15) is 5.75 Å². The summed E-state index contributed by atoms with van der Waals surface area (Å²) in [7, 11) is 0. The smallest absolute Gasteiger partial charge is 0.271 e. The molecular formula is C25H22Br2ClN3O3S. The number of carbonyl (C=O) groups is 1. The van der Waals surface area contributed by atoms with Crippen LogP contribution < -0.4 is 14.9 Å². The molecule has 2 aromatic carbocycles. The highest BCUT2D eigenvalue weighted by atomic mass is 79.9. The Kier molecular flexibility index (Phi) is 7.71. The number of thiazole rings is 1. The standard InChI is InChI=1S/C25H22Br2ClN3O3S/c1-4-30(5-2)24(34)20-13(3)29-25-31(21(20)14-6-8-17(28)9-7-14)23(33)19(35-25)11-15-10-16(26)12-18(27)22(15)32/h6-12,21,32H,4-5H2,1-3H3/b19-11+/t21-/m0/s1. The molecule has 0 radical (unpaired) electrons. The van der Waals surface area contributed by atoms with Gasteiger partial charge in [-0.05, 0) is 72.6 Å². The van der Waals surface area contributed by atoms with Crippen molar-refractivity contribution < 1.29 is 9.90 Å². The summed E-state index contributed by atoms with van der Waals surface area (Å²) in [6.07, 6.45) is 1.64. The van der Waals surface area contributed by atoms with Gasteiger partial charge in [0.05, 0.1) is 26.3 Å². The second-order valence-corrected chi connectivity index (χ2v) is 11.2. The lowest BCUT2D eigenvalue weighted by atomic mass is 9.94. The van der Waals surface area contributed by atoms with Crippen molar-refractivity contribution in [2.24, 2.45) is 4.99 Å². The molecular weight excluding hydrogens is 618 g/mol. The van der Waals surface area contributed by atoms with Crippen LogP contribution in [-0.4, -0.2) is 33.6 Å². The molecule has 0 aliphatic carbocycles. The van der Waals surface area contributed by atoms with E-state index in [2.05, 4.69) is 36.9 Å². The second kappa shape index (κ2) is 10.4. The number of phenolic OH excluding ortho intramolecular Hbond substituents is 1. The highest BCUT2D eigenvalue weighted by Gasteiger charge is 2.34. The molecule has 10 heteroatoms. The molecule has 1 aliphatic heterocycles. The van der Waals surface area contributed by atoms with Gasteiger partial charge in [0.25, 0.3) is 11.5 Å². The Morgan fingerprint density at radius 3 is 2.51 bits per heavy atom. The normalized spacial score (nSPS) is 15.7. The third-order valence-electron chi connectivity index (χ3n) is 5.83. The minimum absolute atomic E-state index is 0.0295. The lowest BCUT2D eigenvalue weighted by molar-refractivity contribution is -0.127. The molecule has 0 saturated heterocycles. The van der Waals surface area contributed by atoms with Gasteiger partial charge in [-0.2, -0.15) is 0 Å². The van der Waals surface area contributed by atoms with Crippen LogP contribution in [0.4, 0.5) is 0 Å². The molecule has 1 amide bonds. The fourth-order valence-corrected chi connectivity index (χ4v) is 6.50. The molecule has 0 saturated carbocycles. The number of aromatic hydroxyl groups is 1. The summed E-state index contributed by atoms with van der Waals surface area (Å²) < 4.78 is 3.22. The highest BCUT2D eigenvalue weighted by Crippen LogP contribution is 2.33. The van der Waals surface area contributed by atoms with Crippen molar-refractivity contribution in [3.8, 4) is 5.75 Å². The number of amides is 1. The predicted molar refractivity (Wildman–Crippen MR) is 147 cm³/mol. The number of hydrogen-bond donors (Lipinski definition) is 1. The van der Waals surface area contributed by atoms with E-state index in [0.717, 1.165) is 10.0 Å². The number of halogens is 3. The van der Waals surface area contributed by atoms with Gasteiger partial charge in [-0.3, -0.25) is 14.2 Å². The van der Waals surface area contributed by atoms with Gasteiger partial charge in [0, 0.05) is 28.1 Å². The maximum atomic E-state index is 13.7. The van der Waals surface area contributed by atoms with Crippen molar-refractivity contribution in [1.82, 2.24) is 9.47 Å².